The molecule has 0 fully saturated rings. The Hall–Kier alpha value is -1.83. The van der Waals surface area contributed by atoms with Gasteiger partial charge in [0.2, 0.25) is 0 Å². The number of hydrogen-bond acceptors (Lipinski definition) is 3. The maximum Gasteiger partial charge on any atom is 0.419 e. The van der Waals surface area contributed by atoms with Crippen molar-refractivity contribution >= 4 is 11.7 Å². The Balaban J connectivity index is 3.57. The zero-order chi connectivity index (χ0) is 13.4. The first-order chi connectivity index (χ1) is 7.66. The van der Waals surface area contributed by atoms with Gasteiger partial charge in [0.15, 0.2) is 6.10 Å². The Labute approximate surface area is 92.3 Å². The van der Waals surface area contributed by atoms with Gasteiger partial charge in [-0.05, 0) is 12.1 Å². The monoisotopic (exact) mass is 253 g/mol. The van der Waals surface area contributed by atoms with Gasteiger partial charge in [-0.25, -0.2) is 9.18 Å². The number of alkyl halides is 3. The number of carbonyl (C=O) groups is 1. The molecule has 94 valence electrons. The summed E-state index contributed by atoms with van der Waals surface area (Å²) in [5.74, 6) is -3.64. The van der Waals surface area contributed by atoms with Gasteiger partial charge in [0, 0.05) is 11.3 Å². The summed E-state index contributed by atoms with van der Waals surface area (Å²) >= 11 is 0. The van der Waals surface area contributed by atoms with Crippen LogP contribution in [-0.4, -0.2) is 16.2 Å². The zero-order valence-corrected chi connectivity index (χ0v) is 8.12. The summed E-state index contributed by atoms with van der Waals surface area (Å²) in [5.41, 5.74) is 1.43. The average Bonchev–Trinajstić information content (AvgIpc) is 2.18. The van der Waals surface area contributed by atoms with Gasteiger partial charge in [-0.2, -0.15) is 13.2 Å². The number of anilines is 1. The minimum atomic E-state index is -5.15. The lowest BCUT2D eigenvalue weighted by Gasteiger charge is -2.17. The smallest absolute Gasteiger partial charge is 0.419 e. The number of carboxylic acids is 1. The summed E-state index contributed by atoms with van der Waals surface area (Å²) in [6.45, 7) is 0. The Morgan fingerprint density at radius 2 is 1.88 bits per heavy atom. The van der Waals surface area contributed by atoms with Crippen molar-refractivity contribution in [2.45, 2.75) is 12.3 Å². The molecule has 0 aliphatic rings. The van der Waals surface area contributed by atoms with E-state index in [-0.39, 0.29) is 0 Å². The quantitative estimate of drug-likeness (QED) is 0.551. The Kier molecular flexibility index (Phi) is 3.28. The van der Waals surface area contributed by atoms with Gasteiger partial charge in [0.1, 0.15) is 5.82 Å². The number of benzene rings is 1. The molecule has 0 spiro atoms. The molecule has 0 saturated heterocycles. The molecular weight excluding hydrogens is 246 g/mol. The third-order valence-corrected chi connectivity index (χ3v) is 2.02. The lowest BCUT2D eigenvalue weighted by Crippen LogP contribution is -2.20. The lowest BCUT2D eigenvalue weighted by atomic mass is 9.99. The van der Waals surface area contributed by atoms with Crippen molar-refractivity contribution in [2.24, 2.45) is 0 Å². The number of aliphatic hydroxyl groups excluding tert-OH is 1. The SMILES string of the molecule is Nc1ccc(F)c(C(F)(F)F)c1C(O)C(=O)O. The van der Waals surface area contributed by atoms with E-state index in [9.17, 15) is 22.4 Å². The van der Waals surface area contributed by atoms with Gasteiger partial charge < -0.3 is 15.9 Å². The second-order valence-corrected chi connectivity index (χ2v) is 3.16. The molecular formula is C9H7F4NO3. The minimum absolute atomic E-state index is 0.455. The van der Waals surface area contributed by atoms with E-state index in [1.807, 2.05) is 0 Å². The van der Waals surface area contributed by atoms with E-state index in [0.717, 1.165) is 6.07 Å². The molecule has 0 saturated carbocycles. The Morgan fingerprint density at radius 1 is 1.35 bits per heavy atom. The summed E-state index contributed by atoms with van der Waals surface area (Å²) in [6, 6.07) is 1.21. The number of aliphatic hydroxyl groups is 1. The molecule has 1 aromatic carbocycles. The largest absolute Gasteiger partial charge is 0.479 e. The van der Waals surface area contributed by atoms with Crippen molar-refractivity contribution in [1.82, 2.24) is 0 Å². The molecule has 0 bridgehead atoms. The highest BCUT2D eigenvalue weighted by molar-refractivity contribution is 5.77. The van der Waals surface area contributed by atoms with Crippen molar-refractivity contribution in [3.63, 3.8) is 0 Å². The predicted octanol–water partition coefficient (Wildman–Crippen LogP) is 1.54. The maximum absolute atomic E-state index is 13.1. The molecule has 4 nitrogen and oxygen atoms in total. The molecule has 0 aromatic heterocycles. The zero-order valence-electron chi connectivity index (χ0n) is 8.12. The molecule has 0 aliphatic heterocycles. The number of hydrogen-bond donors (Lipinski definition) is 3. The standard InChI is InChI=1S/C9H7F4NO3/c10-3-1-2-4(14)5(7(15)8(16)17)6(3)9(11,12)13/h1-2,7,15H,14H2,(H,16,17). The van der Waals surface area contributed by atoms with Gasteiger partial charge in [-0.1, -0.05) is 0 Å². The maximum atomic E-state index is 13.1. The normalized spacial score (nSPS) is 13.5. The highest BCUT2D eigenvalue weighted by Crippen LogP contribution is 2.39. The number of halogens is 4. The van der Waals surface area contributed by atoms with Gasteiger partial charge in [-0.15, -0.1) is 0 Å². The summed E-state index contributed by atoms with van der Waals surface area (Å²) in [4.78, 5) is 10.4. The Morgan fingerprint density at radius 3 is 2.29 bits per heavy atom. The molecule has 1 unspecified atom stereocenters. The second kappa shape index (κ2) is 4.21. The van der Waals surface area contributed by atoms with Gasteiger partial charge in [-0.3, -0.25) is 0 Å². The fourth-order valence-corrected chi connectivity index (χ4v) is 1.32. The van der Waals surface area contributed by atoms with Gasteiger partial charge in [0.25, 0.3) is 0 Å². The highest BCUT2D eigenvalue weighted by Gasteiger charge is 2.40. The molecule has 8 heteroatoms. The van der Waals surface area contributed by atoms with Gasteiger partial charge in [0.05, 0.1) is 5.56 Å². The van der Waals surface area contributed by atoms with Crippen LogP contribution in [0.15, 0.2) is 12.1 Å². The fraction of sp³-hybridized carbons (Fsp3) is 0.222. The van der Waals surface area contributed by atoms with E-state index in [2.05, 4.69) is 0 Å². The molecule has 17 heavy (non-hydrogen) atoms. The summed E-state index contributed by atoms with van der Waals surface area (Å²) < 4.78 is 50.6. The van der Waals surface area contributed by atoms with Gasteiger partial charge >= 0.3 is 12.1 Å². The van der Waals surface area contributed by atoms with Crippen LogP contribution < -0.4 is 5.73 Å². The van der Waals surface area contributed by atoms with Crippen LogP contribution in [0.4, 0.5) is 23.2 Å². The van der Waals surface area contributed by atoms with Crippen LogP contribution in [0.3, 0.4) is 0 Å². The molecule has 0 heterocycles. The van der Waals surface area contributed by atoms with E-state index >= 15 is 0 Å². The van der Waals surface area contributed by atoms with Crippen LogP contribution >= 0.6 is 0 Å². The van der Waals surface area contributed by atoms with E-state index in [1.54, 1.807) is 0 Å². The van der Waals surface area contributed by atoms with Crippen LogP contribution in [-0.2, 0) is 11.0 Å². The molecule has 1 rings (SSSR count). The fourth-order valence-electron chi connectivity index (χ4n) is 1.32. The van der Waals surface area contributed by atoms with Crippen molar-refractivity contribution in [2.75, 3.05) is 5.73 Å². The topological polar surface area (TPSA) is 83.5 Å². The number of rotatable bonds is 2. The van der Waals surface area contributed by atoms with Crippen molar-refractivity contribution in [3.05, 3.63) is 29.1 Å². The molecule has 0 amide bonds. The average molecular weight is 253 g/mol. The molecule has 1 atom stereocenters. The molecule has 0 radical (unpaired) electrons. The summed E-state index contributed by atoms with van der Waals surface area (Å²) in [6.07, 6.45) is -7.69. The van der Waals surface area contributed by atoms with E-state index in [0.29, 0.717) is 6.07 Å². The third kappa shape index (κ3) is 2.47. The van der Waals surface area contributed by atoms with Crippen LogP contribution in [0.5, 0.6) is 0 Å². The number of carboxylic acid groups (broad SMARTS) is 1. The second-order valence-electron chi connectivity index (χ2n) is 3.16. The summed E-state index contributed by atoms with van der Waals surface area (Å²) in [5, 5.41) is 17.5. The molecule has 1 aromatic rings. The summed E-state index contributed by atoms with van der Waals surface area (Å²) in [7, 11) is 0. The van der Waals surface area contributed by atoms with Crippen molar-refractivity contribution in [3.8, 4) is 0 Å². The Bertz CT molecular complexity index is 458. The van der Waals surface area contributed by atoms with E-state index in [4.69, 9.17) is 15.9 Å². The predicted molar refractivity (Wildman–Crippen MR) is 48.4 cm³/mol. The van der Waals surface area contributed by atoms with Crippen LogP contribution in [0.2, 0.25) is 0 Å². The van der Waals surface area contributed by atoms with Crippen LogP contribution in [0.25, 0.3) is 0 Å². The van der Waals surface area contributed by atoms with E-state index in [1.165, 1.54) is 0 Å². The first-order valence-electron chi connectivity index (χ1n) is 4.22. The highest BCUT2D eigenvalue weighted by atomic mass is 19.4. The lowest BCUT2D eigenvalue weighted by molar-refractivity contribution is -0.149. The number of nitrogens with two attached hydrogens (primary N) is 1. The van der Waals surface area contributed by atoms with Crippen molar-refractivity contribution < 1.29 is 32.6 Å². The van der Waals surface area contributed by atoms with Crippen LogP contribution in [0, 0.1) is 5.82 Å². The number of nitrogen functional groups attached to an aromatic ring is 1. The molecule has 4 N–H and O–H groups in total. The van der Waals surface area contributed by atoms with Crippen LogP contribution in [0.1, 0.15) is 17.2 Å². The molecule has 0 aliphatic carbocycles. The minimum Gasteiger partial charge on any atom is -0.479 e. The first-order valence-corrected chi connectivity index (χ1v) is 4.22. The third-order valence-electron chi connectivity index (χ3n) is 2.02. The number of aliphatic carboxylic acids is 1. The van der Waals surface area contributed by atoms with E-state index < -0.39 is 40.9 Å². The van der Waals surface area contributed by atoms with Crippen molar-refractivity contribution in [1.29, 1.82) is 0 Å². The first kappa shape index (κ1) is 13.2.